The second-order valence-corrected chi connectivity index (χ2v) is 6.41. The molecule has 1 saturated heterocycles. The molecule has 1 aromatic heterocycles. The Morgan fingerprint density at radius 2 is 2.05 bits per heavy atom. The molecule has 2 N–H and O–H groups in total. The molecule has 0 spiro atoms. The molecule has 1 aliphatic carbocycles. The Balaban J connectivity index is 1.52. The van der Waals surface area contributed by atoms with Gasteiger partial charge in [0.05, 0.1) is 6.10 Å². The van der Waals surface area contributed by atoms with Crippen molar-refractivity contribution < 1.29 is 5.11 Å². The van der Waals surface area contributed by atoms with Crippen LogP contribution in [0.2, 0.25) is 0 Å². The summed E-state index contributed by atoms with van der Waals surface area (Å²) in [6.07, 6.45) is 6.79. The summed E-state index contributed by atoms with van der Waals surface area (Å²) >= 11 is 0. The topological polar surface area (TPSA) is 61.3 Å². The molecule has 0 bridgehead atoms. The first-order chi connectivity index (χ1) is 10.2. The number of hydrogen-bond acceptors (Lipinski definition) is 5. The van der Waals surface area contributed by atoms with Crippen molar-refractivity contribution in [3.05, 3.63) is 18.1 Å². The molecule has 5 heteroatoms. The zero-order valence-electron chi connectivity index (χ0n) is 12.8. The predicted molar refractivity (Wildman–Crippen MR) is 83.4 cm³/mol. The quantitative estimate of drug-likeness (QED) is 0.868. The molecule has 3 rings (SSSR count). The maximum absolute atomic E-state index is 9.41. The Bertz CT molecular complexity index is 453. The second-order valence-electron chi connectivity index (χ2n) is 6.41. The zero-order chi connectivity index (χ0) is 14.7. The van der Waals surface area contributed by atoms with Gasteiger partial charge in [0.25, 0.3) is 0 Å². The lowest BCUT2D eigenvalue weighted by Crippen LogP contribution is -2.39. The van der Waals surface area contributed by atoms with Crippen LogP contribution in [0.15, 0.2) is 12.4 Å². The number of aliphatic hydroxyl groups excluding tert-OH is 1. The van der Waals surface area contributed by atoms with Crippen LogP contribution in [0.3, 0.4) is 0 Å². The van der Waals surface area contributed by atoms with Gasteiger partial charge in [0.1, 0.15) is 12.1 Å². The normalized spacial score (nSPS) is 27.3. The minimum absolute atomic E-state index is 0.135. The highest BCUT2D eigenvalue weighted by molar-refractivity contribution is 5.37. The van der Waals surface area contributed by atoms with Crippen LogP contribution >= 0.6 is 0 Å². The van der Waals surface area contributed by atoms with Crippen molar-refractivity contribution in [2.75, 3.05) is 25.0 Å². The van der Waals surface area contributed by atoms with Gasteiger partial charge >= 0.3 is 0 Å². The molecule has 2 aliphatic rings. The van der Waals surface area contributed by atoms with Gasteiger partial charge in [0, 0.05) is 36.8 Å². The Labute approximate surface area is 126 Å². The average Bonchev–Trinajstić information content (AvgIpc) is 2.47. The van der Waals surface area contributed by atoms with E-state index in [1.54, 1.807) is 6.33 Å². The predicted octanol–water partition coefficient (Wildman–Crippen LogP) is 2.00. The largest absolute Gasteiger partial charge is 0.393 e. The summed E-state index contributed by atoms with van der Waals surface area (Å²) in [6, 6.07) is 2.59. The van der Waals surface area contributed by atoms with E-state index in [4.69, 9.17) is 0 Å². The SMILES string of the molecule is CCCN1CCC(Nc2cc(C3CC(O)C3)ncn2)CC1. The third-order valence-electron chi connectivity index (χ3n) is 4.70. The molecule has 1 aromatic rings. The third-order valence-corrected chi connectivity index (χ3v) is 4.70. The molecule has 21 heavy (non-hydrogen) atoms. The molecule has 1 aliphatic heterocycles. The van der Waals surface area contributed by atoms with Crippen LogP contribution < -0.4 is 5.32 Å². The molecule has 5 nitrogen and oxygen atoms in total. The second kappa shape index (κ2) is 6.71. The maximum Gasteiger partial charge on any atom is 0.129 e. The maximum atomic E-state index is 9.41. The van der Waals surface area contributed by atoms with Crippen molar-refractivity contribution in [2.24, 2.45) is 0 Å². The van der Waals surface area contributed by atoms with Gasteiger partial charge in [-0.3, -0.25) is 0 Å². The van der Waals surface area contributed by atoms with E-state index in [2.05, 4.69) is 33.2 Å². The minimum atomic E-state index is -0.135. The summed E-state index contributed by atoms with van der Waals surface area (Å²) in [5.74, 6) is 1.35. The number of anilines is 1. The Morgan fingerprint density at radius 1 is 1.29 bits per heavy atom. The van der Waals surface area contributed by atoms with Gasteiger partial charge < -0.3 is 15.3 Å². The lowest BCUT2D eigenvalue weighted by Gasteiger charge is -2.33. The first-order valence-corrected chi connectivity index (χ1v) is 8.23. The Kier molecular flexibility index (Phi) is 4.70. The fourth-order valence-corrected chi connectivity index (χ4v) is 3.33. The van der Waals surface area contributed by atoms with E-state index in [9.17, 15) is 5.11 Å². The number of nitrogens with one attached hydrogen (secondary N) is 1. The van der Waals surface area contributed by atoms with Gasteiger partial charge in [0.2, 0.25) is 0 Å². The fraction of sp³-hybridized carbons (Fsp3) is 0.750. The van der Waals surface area contributed by atoms with E-state index in [0.29, 0.717) is 12.0 Å². The standard InChI is InChI=1S/C16H26N4O/c1-2-5-20-6-3-13(4-7-20)19-16-10-15(17-11-18-16)12-8-14(21)9-12/h10-14,21H,2-9H2,1H3,(H,17,18,19). The molecular weight excluding hydrogens is 264 g/mol. The van der Waals surface area contributed by atoms with E-state index in [0.717, 1.165) is 24.4 Å². The van der Waals surface area contributed by atoms with Crippen molar-refractivity contribution >= 4 is 5.82 Å². The molecule has 0 atom stereocenters. The first kappa shape index (κ1) is 14.7. The van der Waals surface area contributed by atoms with E-state index in [1.807, 2.05) is 0 Å². The molecule has 116 valence electrons. The van der Waals surface area contributed by atoms with Crippen molar-refractivity contribution in [2.45, 2.75) is 57.1 Å². The minimum Gasteiger partial charge on any atom is -0.393 e. The molecule has 2 heterocycles. The van der Waals surface area contributed by atoms with E-state index >= 15 is 0 Å². The fourth-order valence-electron chi connectivity index (χ4n) is 3.33. The Morgan fingerprint density at radius 3 is 2.71 bits per heavy atom. The number of hydrogen-bond donors (Lipinski definition) is 2. The Hall–Kier alpha value is -1.20. The summed E-state index contributed by atoms with van der Waals surface area (Å²) in [5, 5.41) is 13.0. The van der Waals surface area contributed by atoms with Crippen LogP contribution in [-0.4, -0.2) is 51.8 Å². The zero-order valence-corrected chi connectivity index (χ0v) is 12.8. The lowest BCUT2D eigenvalue weighted by atomic mass is 9.80. The summed E-state index contributed by atoms with van der Waals surface area (Å²) in [6.45, 7) is 5.81. The summed E-state index contributed by atoms with van der Waals surface area (Å²) in [7, 11) is 0. The average molecular weight is 290 g/mol. The van der Waals surface area contributed by atoms with Crippen LogP contribution in [0.25, 0.3) is 0 Å². The smallest absolute Gasteiger partial charge is 0.129 e. The number of likely N-dealkylation sites (tertiary alicyclic amines) is 1. The highest BCUT2D eigenvalue weighted by atomic mass is 16.3. The van der Waals surface area contributed by atoms with Crippen molar-refractivity contribution in [1.82, 2.24) is 14.9 Å². The highest BCUT2D eigenvalue weighted by Gasteiger charge is 2.30. The van der Waals surface area contributed by atoms with Gasteiger partial charge in [-0.1, -0.05) is 6.92 Å². The number of piperidine rings is 1. The number of nitrogens with zero attached hydrogens (tertiary/aromatic N) is 3. The van der Waals surface area contributed by atoms with E-state index in [1.165, 1.54) is 38.9 Å². The van der Waals surface area contributed by atoms with Crippen molar-refractivity contribution in [3.63, 3.8) is 0 Å². The summed E-state index contributed by atoms with van der Waals surface area (Å²) in [5.41, 5.74) is 1.07. The van der Waals surface area contributed by atoms with Gasteiger partial charge in [-0.2, -0.15) is 0 Å². The van der Waals surface area contributed by atoms with Crippen molar-refractivity contribution in [3.8, 4) is 0 Å². The van der Waals surface area contributed by atoms with Gasteiger partial charge in [0.15, 0.2) is 0 Å². The van der Waals surface area contributed by atoms with Gasteiger partial charge in [-0.15, -0.1) is 0 Å². The molecule has 0 aromatic carbocycles. The first-order valence-electron chi connectivity index (χ1n) is 8.23. The van der Waals surface area contributed by atoms with E-state index < -0.39 is 0 Å². The lowest BCUT2D eigenvalue weighted by molar-refractivity contribution is 0.0732. The number of rotatable bonds is 5. The van der Waals surface area contributed by atoms with Gasteiger partial charge in [-0.25, -0.2) is 9.97 Å². The summed E-state index contributed by atoms with van der Waals surface area (Å²) in [4.78, 5) is 11.2. The molecular formula is C16H26N4O. The monoisotopic (exact) mass is 290 g/mol. The van der Waals surface area contributed by atoms with Crippen LogP contribution in [-0.2, 0) is 0 Å². The molecule has 0 amide bonds. The van der Waals surface area contributed by atoms with Crippen LogP contribution in [0, 0.1) is 0 Å². The van der Waals surface area contributed by atoms with E-state index in [-0.39, 0.29) is 6.10 Å². The van der Waals surface area contributed by atoms with Crippen molar-refractivity contribution in [1.29, 1.82) is 0 Å². The van der Waals surface area contributed by atoms with Gasteiger partial charge in [-0.05, 0) is 38.6 Å². The number of aromatic nitrogens is 2. The third kappa shape index (κ3) is 3.71. The van der Waals surface area contributed by atoms with Crippen LogP contribution in [0.5, 0.6) is 0 Å². The van der Waals surface area contributed by atoms with Crippen LogP contribution in [0.4, 0.5) is 5.82 Å². The molecule has 1 saturated carbocycles. The molecule has 0 unspecified atom stereocenters. The number of aliphatic hydroxyl groups is 1. The summed E-state index contributed by atoms with van der Waals surface area (Å²) < 4.78 is 0. The molecule has 0 radical (unpaired) electrons. The molecule has 2 fully saturated rings. The highest BCUT2D eigenvalue weighted by Crippen LogP contribution is 2.36. The van der Waals surface area contributed by atoms with Crippen LogP contribution in [0.1, 0.15) is 50.6 Å².